The minimum absolute atomic E-state index is 0.243. The van der Waals surface area contributed by atoms with Gasteiger partial charge in [-0.05, 0) is 18.8 Å². The highest BCUT2D eigenvalue weighted by Gasteiger charge is 2.29. The molecule has 1 N–H and O–H groups in total. The summed E-state index contributed by atoms with van der Waals surface area (Å²) in [5, 5.41) is 9.07. The van der Waals surface area contributed by atoms with Crippen LogP contribution >= 0.6 is 0 Å². The third-order valence-electron chi connectivity index (χ3n) is 2.75. The number of nitrogens with zero attached hydrogens (tertiary/aromatic N) is 1. The first-order chi connectivity index (χ1) is 5.90. The summed E-state index contributed by atoms with van der Waals surface area (Å²) in [4.78, 5) is 2.38. The van der Waals surface area contributed by atoms with E-state index in [-0.39, 0.29) is 12.6 Å². The molecule has 0 aromatic rings. The molecule has 1 atom stereocenters. The standard InChI is InChI=1S/C9H17NO2/c11-6-9-7-12-4-3-10(9)5-8-1-2-8/h8-9,11H,1-7H2. The summed E-state index contributed by atoms with van der Waals surface area (Å²) in [6, 6.07) is 0.263. The molecule has 2 rings (SSSR count). The Hall–Kier alpha value is -0.120. The maximum Gasteiger partial charge on any atom is 0.0644 e. The van der Waals surface area contributed by atoms with E-state index in [1.165, 1.54) is 19.4 Å². The predicted molar refractivity (Wildman–Crippen MR) is 46.0 cm³/mol. The molecule has 0 aromatic carbocycles. The van der Waals surface area contributed by atoms with Crippen molar-refractivity contribution in [1.29, 1.82) is 0 Å². The number of ether oxygens (including phenoxy) is 1. The third kappa shape index (κ3) is 1.97. The van der Waals surface area contributed by atoms with Crippen LogP contribution in [0.2, 0.25) is 0 Å². The van der Waals surface area contributed by atoms with Crippen LogP contribution in [0.15, 0.2) is 0 Å². The van der Waals surface area contributed by atoms with Gasteiger partial charge in [-0.1, -0.05) is 0 Å². The van der Waals surface area contributed by atoms with E-state index in [0.717, 1.165) is 19.1 Å². The maximum atomic E-state index is 9.07. The van der Waals surface area contributed by atoms with Crippen LogP contribution in [0.25, 0.3) is 0 Å². The van der Waals surface area contributed by atoms with Crippen molar-refractivity contribution in [1.82, 2.24) is 4.90 Å². The van der Waals surface area contributed by atoms with Crippen LogP contribution in [0.4, 0.5) is 0 Å². The smallest absolute Gasteiger partial charge is 0.0644 e. The zero-order valence-electron chi connectivity index (χ0n) is 7.41. The van der Waals surface area contributed by atoms with Crippen molar-refractivity contribution in [2.24, 2.45) is 5.92 Å². The van der Waals surface area contributed by atoms with E-state index >= 15 is 0 Å². The van der Waals surface area contributed by atoms with Gasteiger partial charge >= 0.3 is 0 Å². The molecule has 0 radical (unpaired) electrons. The second-order valence-corrected chi connectivity index (χ2v) is 3.85. The molecule has 0 amide bonds. The van der Waals surface area contributed by atoms with E-state index in [0.29, 0.717) is 6.61 Å². The van der Waals surface area contributed by atoms with Crippen molar-refractivity contribution < 1.29 is 9.84 Å². The lowest BCUT2D eigenvalue weighted by Gasteiger charge is -2.34. The minimum atomic E-state index is 0.243. The van der Waals surface area contributed by atoms with E-state index in [2.05, 4.69) is 4.90 Å². The van der Waals surface area contributed by atoms with Crippen LogP contribution in [0.1, 0.15) is 12.8 Å². The molecule has 1 heterocycles. The Labute approximate surface area is 73.3 Å². The monoisotopic (exact) mass is 171 g/mol. The van der Waals surface area contributed by atoms with Gasteiger partial charge in [-0.25, -0.2) is 0 Å². The van der Waals surface area contributed by atoms with Crippen molar-refractivity contribution in [3.05, 3.63) is 0 Å². The molecule has 1 aliphatic heterocycles. The van der Waals surface area contributed by atoms with Crippen molar-refractivity contribution in [3.63, 3.8) is 0 Å². The minimum Gasteiger partial charge on any atom is -0.395 e. The van der Waals surface area contributed by atoms with E-state index in [4.69, 9.17) is 9.84 Å². The van der Waals surface area contributed by atoms with Crippen LogP contribution in [-0.2, 0) is 4.74 Å². The molecule has 3 heteroatoms. The SMILES string of the molecule is OCC1COCCN1CC1CC1. The summed E-state index contributed by atoms with van der Waals surface area (Å²) in [6.45, 7) is 3.97. The second-order valence-electron chi connectivity index (χ2n) is 3.85. The lowest BCUT2D eigenvalue weighted by Crippen LogP contribution is -2.48. The Morgan fingerprint density at radius 3 is 2.92 bits per heavy atom. The maximum absolute atomic E-state index is 9.07. The molecule has 0 spiro atoms. The summed E-state index contributed by atoms with van der Waals surface area (Å²) >= 11 is 0. The van der Waals surface area contributed by atoms with E-state index in [9.17, 15) is 0 Å². The van der Waals surface area contributed by atoms with Gasteiger partial charge in [-0.15, -0.1) is 0 Å². The molecule has 2 aliphatic rings. The molecule has 70 valence electrons. The fourth-order valence-corrected chi connectivity index (χ4v) is 1.73. The van der Waals surface area contributed by atoms with E-state index in [1.807, 2.05) is 0 Å². The van der Waals surface area contributed by atoms with Gasteiger partial charge in [-0.3, -0.25) is 4.90 Å². The average Bonchev–Trinajstić information content (AvgIpc) is 2.89. The van der Waals surface area contributed by atoms with Gasteiger partial charge in [0.05, 0.1) is 25.9 Å². The Morgan fingerprint density at radius 2 is 2.25 bits per heavy atom. The first-order valence-electron chi connectivity index (χ1n) is 4.83. The van der Waals surface area contributed by atoms with E-state index in [1.54, 1.807) is 0 Å². The van der Waals surface area contributed by atoms with Gasteiger partial charge in [0.25, 0.3) is 0 Å². The van der Waals surface area contributed by atoms with Crippen molar-refractivity contribution in [3.8, 4) is 0 Å². The number of hydrogen-bond donors (Lipinski definition) is 1. The Kier molecular flexibility index (Phi) is 2.63. The zero-order chi connectivity index (χ0) is 8.39. The normalized spacial score (nSPS) is 32.2. The summed E-state index contributed by atoms with van der Waals surface area (Å²) in [5.74, 6) is 0.914. The highest BCUT2D eigenvalue weighted by atomic mass is 16.5. The average molecular weight is 171 g/mol. The molecule has 1 aliphatic carbocycles. The predicted octanol–water partition coefficient (Wildman–Crippen LogP) is 0.0895. The molecule has 2 fully saturated rings. The molecular weight excluding hydrogens is 154 g/mol. The lowest BCUT2D eigenvalue weighted by molar-refractivity contribution is -0.0291. The summed E-state index contributed by atoms with van der Waals surface area (Å²) in [6.07, 6.45) is 2.77. The highest BCUT2D eigenvalue weighted by Crippen LogP contribution is 2.30. The fraction of sp³-hybridized carbons (Fsp3) is 1.00. The molecule has 1 unspecified atom stereocenters. The van der Waals surface area contributed by atoms with Crippen molar-refractivity contribution in [2.45, 2.75) is 18.9 Å². The van der Waals surface area contributed by atoms with Crippen LogP contribution in [0.3, 0.4) is 0 Å². The topological polar surface area (TPSA) is 32.7 Å². The zero-order valence-corrected chi connectivity index (χ0v) is 7.41. The molecule has 1 saturated carbocycles. The lowest BCUT2D eigenvalue weighted by atomic mass is 10.2. The van der Waals surface area contributed by atoms with Gasteiger partial charge in [-0.2, -0.15) is 0 Å². The molecule has 0 aromatic heterocycles. The van der Waals surface area contributed by atoms with E-state index < -0.39 is 0 Å². The van der Waals surface area contributed by atoms with Gasteiger partial charge < -0.3 is 9.84 Å². The fourth-order valence-electron chi connectivity index (χ4n) is 1.73. The van der Waals surface area contributed by atoms with Crippen LogP contribution in [0.5, 0.6) is 0 Å². The number of rotatable bonds is 3. The van der Waals surface area contributed by atoms with Crippen LogP contribution in [0, 0.1) is 5.92 Å². The first-order valence-corrected chi connectivity index (χ1v) is 4.83. The van der Waals surface area contributed by atoms with Gasteiger partial charge in [0.15, 0.2) is 0 Å². The van der Waals surface area contributed by atoms with Crippen LogP contribution < -0.4 is 0 Å². The van der Waals surface area contributed by atoms with Gasteiger partial charge in [0, 0.05) is 13.1 Å². The third-order valence-corrected chi connectivity index (χ3v) is 2.75. The Bertz CT molecular complexity index is 147. The molecule has 1 saturated heterocycles. The Morgan fingerprint density at radius 1 is 1.42 bits per heavy atom. The molecule has 0 bridgehead atoms. The van der Waals surface area contributed by atoms with Crippen LogP contribution in [-0.4, -0.2) is 49.0 Å². The first kappa shape index (κ1) is 8.48. The molecular formula is C9H17NO2. The molecule has 12 heavy (non-hydrogen) atoms. The summed E-state index contributed by atoms with van der Waals surface area (Å²) in [7, 11) is 0. The number of hydrogen-bond acceptors (Lipinski definition) is 3. The number of morpholine rings is 1. The summed E-state index contributed by atoms with van der Waals surface area (Å²) in [5.41, 5.74) is 0. The second kappa shape index (κ2) is 3.73. The van der Waals surface area contributed by atoms with Gasteiger partial charge in [0.1, 0.15) is 0 Å². The summed E-state index contributed by atoms with van der Waals surface area (Å²) < 4.78 is 5.30. The number of aliphatic hydroxyl groups excluding tert-OH is 1. The largest absolute Gasteiger partial charge is 0.395 e. The highest BCUT2D eigenvalue weighted by molar-refractivity contribution is 4.82. The quantitative estimate of drug-likeness (QED) is 0.653. The number of aliphatic hydroxyl groups is 1. The Balaban J connectivity index is 1.81. The molecule has 3 nitrogen and oxygen atoms in total. The van der Waals surface area contributed by atoms with Gasteiger partial charge in [0.2, 0.25) is 0 Å². The van der Waals surface area contributed by atoms with Crippen molar-refractivity contribution in [2.75, 3.05) is 32.9 Å². The van der Waals surface area contributed by atoms with Crippen molar-refractivity contribution >= 4 is 0 Å².